The number of halogens is 1. The number of hydrogen-bond acceptors (Lipinski definition) is 3. The molecule has 1 aliphatic heterocycles. The third kappa shape index (κ3) is 2.68. The number of rotatable bonds is 2. The van der Waals surface area contributed by atoms with E-state index in [-0.39, 0.29) is 11.2 Å². The molecule has 1 aromatic carbocycles. The average molecular weight is 283 g/mol. The topological polar surface area (TPSA) is 38.7 Å². The van der Waals surface area contributed by atoms with Crippen molar-refractivity contribution in [3.05, 3.63) is 28.8 Å². The third-order valence-electron chi connectivity index (χ3n) is 4.00. The summed E-state index contributed by atoms with van der Waals surface area (Å²) in [5.41, 5.74) is 0.843. The van der Waals surface area contributed by atoms with Gasteiger partial charge in [-0.2, -0.15) is 0 Å². The molecule has 1 atom stereocenters. The molecule has 1 fully saturated rings. The van der Waals surface area contributed by atoms with E-state index in [9.17, 15) is 5.11 Å². The van der Waals surface area contributed by atoms with Crippen LogP contribution in [-0.4, -0.2) is 23.4 Å². The minimum Gasteiger partial charge on any atom is -0.399 e. The molecule has 0 radical (unpaired) electrons. The molecule has 0 aromatic heterocycles. The molecule has 1 aromatic rings. The zero-order chi connectivity index (χ0) is 14.4. The Morgan fingerprint density at radius 3 is 2.11 bits per heavy atom. The van der Waals surface area contributed by atoms with Crippen molar-refractivity contribution in [3.63, 3.8) is 0 Å². The van der Waals surface area contributed by atoms with Gasteiger partial charge in [0.25, 0.3) is 0 Å². The zero-order valence-corrected chi connectivity index (χ0v) is 12.8. The van der Waals surface area contributed by atoms with Crippen molar-refractivity contribution in [3.8, 4) is 0 Å². The van der Waals surface area contributed by atoms with E-state index in [0.717, 1.165) is 5.46 Å². The molecule has 2 rings (SSSR count). The summed E-state index contributed by atoms with van der Waals surface area (Å²) in [5, 5.41) is 10.1. The molecule has 0 saturated carbocycles. The molecule has 1 N–H and O–H groups in total. The molecule has 0 bridgehead atoms. The van der Waals surface area contributed by atoms with Crippen molar-refractivity contribution < 1.29 is 14.4 Å². The molecule has 0 aliphatic carbocycles. The van der Waals surface area contributed by atoms with Gasteiger partial charge in [0.05, 0.1) is 17.3 Å². The molecule has 3 nitrogen and oxygen atoms in total. The lowest BCUT2D eigenvalue weighted by atomic mass is 9.78. The van der Waals surface area contributed by atoms with Crippen molar-refractivity contribution in [1.82, 2.24) is 0 Å². The van der Waals surface area contributed by atoms with Gasteiger partial charge in [-0.3, -0.25) is 0 Å². The SMILES string of the molecule is C[C@@H](O)c1ccc(B2OC(C)(C)C(C)(C)O2)cc1Cl. The number of benzene rings is 1. The van der Waals surface area contributed by atoms with Crippen LogP contribution in [0.4, 0.5) is 0 Å². The first-order valence-corrected chi connectivity index (χ1v) is 6.85. The standard InChI is InChI=1S/C14H20BClO3/c1-9(17)11-7-6-10(8-12(11)16)15-18-13(2,3)14(4,5)19-15/h6-9,17H,1-5H3/t9-/m1/s1. The summed E-state index contributed by atoms with van der Waals surface area (Å²) >= 11 is 6.17. The predicted octanol–water partition coefficient (Wildman–Crippen LogP) is 2.69. The van der Waals surface area contributed by atoms with Gasteiger partial charge in [-0.1, -0.05) is 23.7 Å². The van der Waals surface area contributed by atoms with Crippen molar-refractivity contribution in [2.45, 2.75) is 51.9 Å². The van der Waals surface area contributed by atoms with Crippen LogP contribution < -0.4 is 5.46 Å². The van der Waals surface area contributed by atoms with Crippen LogP contribution in [0.25, 0.3) is 0 Å². The maximum Gasteiger partial charge on any atom is 0.494 e. The fraction of sp³-hybridized carbons (Fsp3) is 0.571. The van der Waals surface area contributed by atoms with Crippen molar-refractivity contribution in [2.75, 3.05) is 0 Å². The van der Waals surface area contributed by atoms with E-state index < -0.39 is 13.2 Å². The van der Waals surface area contributed by atoms with Gasteiger partial charge < -0.3 is 14.4 Å². The first-order valence-electron chi connectivity index (χ1n) is 6.47. The van der Waals surface area contributed by atoms with Crippen LogP contribution in [0.1, 0.15) is 46.3 Å². The normalized spacial score (nSPS) is 22.6. The Morgan fingerprint density at radius 1 is 1.16 bits per heavy atom. The van der Waals surface area contributed by atoms with Crippen LogP contribution in [-0.2, 0) is 9.31 Å². The van der Waals surface area contributed by atoms with Gasteiger partial charge in [-0.25, -0.2) is 0 Å². The molecule has 1 heterocycles. The van der Waals surface area contributed by atoms with Crippen LogP contribution in [0.3, 0.4) is 0 Å². The smallest absolute Gasteiger partial charge is 0.399 e. The van der Waals surface area contributed by atoms with Crippen LogP contribution in [0.5, 0.6) is 0 Å². The number of hydrogen-bond donors (Lipinski definition) is 1. The Bertz CT molecular complexity index is 470. The van der Waals surface area contributed by atoms with Gasteiger partial charge >= 0.3 is 7.12 Å². The quantitative estimate of drug-likeness (QED) is 0.848. The predicted molar refractivity (Wildman–Crippen MR) is 77.8 cm³/mol. The van der Waals surface area contributed by atoms with Gasteiger partial charge in [0.1, 0.15) is 0 Å². The Kier molecular flexibility index (Phi) is 3.73. The van der Waals surface area contributed by atoms with E-state index in [0.29, 0.717) is 10.6 Å². The Balaban J connectivity index is 2.28. The minimum atomic E-state index is -0.583. The molecule has 0 spiro atoms. The molecular weight excluding hydrogens is 262 g/mol. The zero-order valence-electron chi connectivity index (χ0n) is 12.0. The van der Waals surface area contributed by atoms with Crippen LogP contribution in [0.15, 0.2) is 18.2 Å². The highest BCUT2D eigenvalue weighted by atomic mass is 35.5. The van der Waals surface area contributed by atoms with Gasteiger partial charge in [-0.05, 0) is 51.7 Å². The van der Waals surface area contributed by atoms with Gasteiger partial charge in [0.15, 0.2) is 0 Å². The van der Waals surface area contributed by atoms with E-state index in [1.54, 1.807) is 13.0 Å². The number of aliphatic hydroxyl groups is 1. The Labute approximate surface area is 120 Å². The van der Waals surface area contributed by atoms with E-state index in [2.05, 4.69) is 0 Å². The highest BCUT2D eigenvalue weighted by molar-refractivity contribution is 6.62. The molecule has 0 unspecified atom stereocenters. The second kappa shape index (κ2) is 4.78. The van der Waals surface area contributed by atoms with Crippen molar-refractivity contribution in [2.24, 2.45) is 0 Å². The highest BCUT2D eigenvalue weighted by Crippen LogP contribution is 2.36. The monoisotopic (exact) mass is 282 g/mol. The summed E-state index contributed by atoms with van der Waals surface area (Å²) in [4.78, 5) is 0. The summed E-state index contributed by atoms with van der Waals surface area (Å²) in [5.74, 6) is 0. The number of aliphatic hydroxyl groups excluding tert-OH is 1. The first-order chi connectivity index (χ1) is 8.64. The lowest BCUT2D eigenvalue weighted by molar-refractivity contribution is 0.00578. The molecule has 0 amide bonds. The van der Waals surface area contributed by atoms with Gasteiger partial charge in [-0.15, -0.1) is 0 Å². The van der Waals surface area contributed by atoms with Crippen LogP contribution in [0.2, 0.25) is 5.02 Å². The van der Waals surface area contributed by atoms with Gasteiger partial charge in [0.2, 0.25) is 0 Å². The summed E-state index contributed by atoms with van der Waals surface area (Å²) in [7, 11) is -0.425. The van der Waals surface area contributed by atoms with E-state index in [1.807, 2.05) is 39.8 Å². The maximum absolute atomic E-state index is 9.58. The second-order valence-electron chi connectivity index (χ2n) is 6.05. The van der Waals surface area contributed by atoms with E-state index in [4.69, 9.17) is 20.9 Å². The average Bonchev–Trinajstić information content (AvgIpc) is 2.47. The van der Waals surface area contributed by atoms with Gasteiger partial charge in [0, 0.05) is 5.02 Å². The maximum atomic E-state index is 9.58. The fourth-order valence-corrected chi connectivity index (χ4v) is 2.35. The minimum absolute atomic E-state index is 0.368. The second-order valence-corrected chi connectivity index (χ2v) is 6.45. The first kappa shape index (κ1) is 14.9. The van der Waals surface area contributed by atoms with Crippen LogP contribution in [0, 0.1) is 0 Å². The lowest BCUT2D eigenvalue weighted by Gasteiger charge is -2.32. The summed E-state index contributed by atoms with van der Waals surface area (Å²) in [6.07, 6.45) is -0.583. The highest BCUT2D eigenvalue weighted by Gasteiger charge is 2.51. The molecule has 1 aliphatic rings. The molecular formula is C14H20BClO3. The molecule has 104 valence electrons. The summed E-state index contributed by atoms with van der Waals surface area (Å²) < 4.78 is 11.9. The fourth-order valence-electron chi connectivity index (χ4n) is 2.01. The van der Waals surface area contributed by atoms with Crippen LogP contribution >= 0.6 is 11.6 Å². The molecule has 1 saturated heterocycles. The molecule has 5 heteroatoms. The Morgan fingerprint density at radius 2 is 1.68 bits per heavy atom. The summed E-state index contributed by atoms with van der Waals surface area (Å²) in [6.45, 7) is 9.74. The van der Waals surface area contributed by atoms with Crippen molar-refractivity contribution >= 4 is 24.2 Å². The lowest BCUT2D eigenvalue weighted by Crippen LogP contribution is -2.41. The summed E-state index contributed by atoms with van der Waals surface area (Å²) in [6, 6.07) is 5.50. The van der Waals surface area contributed by atoms with E-state index >= 15 is 0 Å². The third-order valence-corrected chi connectivity index (χ3v) is 4.33. The van der Waals surface area contributed by atoms with Crippen molar-refractivity contribution in [1.29, 1.82) is 0 Å². The largest absolute Gasteiger partial charge is 0.494 e. The van der Waals surface area contributed by atoms with E-state index in [1.165, 1.54) is 0 Å². The Hall–Kier alpha value is -0.545. The molecule has 19 heavy (non-hydrogen) atoms.